The summed E-state index contributed by atoms with van der Waals surface area (Å²) in [6.45, 7) is 0.456. The third-order valence-corrected chi connectivity index (χ3v) is 2.64. The van der Waals surface area contributed by atoms with E-state index in [9.17, 15) is 4.79 Å². The van der Waals surface area contributed by atoms with Gasteiger partial charge in [0.2, 0.25) is 0 Å². The van der Waals surface area contributed by atoms with Gasteiger partial charge in [-0.1, -0.05) is 41.5 Å². The highest BCUT2D eigenvalue weighted by molar-refractivity contribution is 5.69. The first kappa shape index (κ1) is 14.8. The predicted octanol–water partition coefficient (Wildman–Crippen LogP) is 3.51. The van der Waals surface area contributed by atoms with E-state index in [4.69, 9.17) is 5.53 Å². The van der Waals surface area contributed by atoms with Gasteiger partial charge in [-0.3, -0.25) is 4.79 Å². The third kappa shape index (κ3) is 5.75. The molecule has 5 heteroatoms. The van der Waals surface area contributed by atoms with E-state index >= 15 is 0 Å². The van der Waals surface area contributed by atoms with Gasteiger partial charge in [-0.15, -0.1) is 0 Å². The zero-order valence-electron chi connectivity index (χ0n) is 11.0. The van der Waals surface area contributed by atoms with Gasteiger partial charge < -0.3 is 4.74 Å². The molecule has 0 heterocycles. The number of hydrogen-bond donors (Lipinski definition) is 0. The van der Waals surface area contributed by atoms with E-state index in [2.05, 4.69) is 14.8 Å². The lowest BCUT2D eigenvalue weighted by atomic mass is 10.0. The third-order valence-electron chi connectivity index (χ3n) is 2.64. The monoisotopic (exact) mass is 259 g/mol. The van der Waals surface area contributed by atoms with Crippen LogP contribution in [0.4, 0.5) is 0 Å². The minimum Gasteiger partial charge on any atom is -0.469 e. The summed E-state index contributed by atoms with van der Waals surface area (Å²) < 4.78 is 4.63. The molecule has 0 radical (unpaired) electrons. The normalized spacial score (nSPS) is 10.2. The Labute approximate surface area is 112 Å². The Morgan fingerprint density at radius 2 is 2.26 bits per heavy atom. The van der Waals surface area contributed by atoms with Crippen molar-refractivity contribution in [3.8, 4) is 0 Å². The van der Waals surface area contributed by atoms with Crippen LogP contribution in [-0.2, 0) is 16.0 Å². The lowest BCUT2D eigenvalue weighted by Gasteiger charge is -2.05. The van der Waals surface area contributed by atoms with E-state index in [1.165, 1.54) is 7.11 Å². The Morgan fingerprint density at radius 3 is 3.00 bits per heavy atom. The predicted molar refractivity (Wildman–Crippen MR) is 74.4 cm³/mol. The van der Waals surface area contributed by atoms with Crippen molar-refractivity contribution in [2.75, 3.05) is 13.7 Å². The maximum Gasteiger partial charge on any atom is 0.305 e. The number of carbonyl (C=O) groups is 1. The van der Waals surface area contributed by atoms with Crippen LogP contribution in [0.5, 0.6) is 0 Å². The number of benzene rings is 1. The molecule has 0 aliphatic heterocycles. The van der Waals surface area contributed by atoms with E-state index < -0.39 is 0 Å². The Morgan fingerprint density at radius 1 is 1.47 bits per heavy atom. The van der Waals surface area contributed by atoms with Crippen LogP contribution in [0, 0.1) is 0 Å². The average Bonchev–Trinajstić information content (AvgIpc) is 2.45. The Kier molecular flexibility index (Phi) is 6.84. The molecule has 19 heavy (non-hydrogen) atoms. The molecule has 0 aliphatic carbocycles. The van der Waals surface area contributed by atoms with Gasteiger partial charge in [0.25, 0.3) is 0 Å². The van der Waals surface area contributed by atoms with E-state index in [0.717, 1.165) is 11.1 Å². The molecular formula is C14H17N3O2. The number of nitrogens with zero attached hydrogens (tertiary/aromatic N) is 3. The van der Waals surface area contributed by atoms with Crippen molar-refractivity contribution in [3.05, 3.63) is 51.9 Å². The highest BCUT2D eigenvalue weighted by Crippen LogP contribution is 2.13. The Bertz CT molecular complexity index is 491. The molecule has 1 rings (SSSR count). The summed E-state index contributed by atoms with van der Waals surface area (Å²) in [5.74, 6) is -0.206. The molecule has 0 saturated heterocycles. The number of methoxy groups -OCH3 is 1. The molecule has 0 fully saturated rings. The summed E-state index contributed by atoms with van der Waals surface area (Å²) in [4.78, 5) is 13.8. The number of azide groups is 1. The van der Waals surface area contributed by atoms with Crippen LogP contribution >= 0.6 is 0 Å². The lowest BCUT2D eigenvalue weighted by Crippen LogP contribution is -2.02. The van der Waals surface area contributed by atoms with Gasteiger partial charge in [0.05, 0.1) is 7.11 Å². The van der Waals surface area contributed by atoms with Gasteiger partial charge in [0.15, 0.2) is 0 Å². The maximum absolute atomic E-state index is 11.1. The van der Waals surface area contributed by atoms with Crippen LogP contribution in [0.2, 0.25) is 0 Å². The van der Waals surface area contributed by atoms with Gasteiger partial charge in [0.1, 0.15) is 0 Å². The molecule has 5 nitrogen and oxygen atoms in total. The number of rotatable bonds is 7. The van der Waals surface area contributed by atoms with E-state index in [0.29, 0.717) is 25.8 Å². The van der Waals surface area contributed by atoms with Crippen LogP contribution in [-0.4, -0.2) is 19.6 Å². The molecule has 1 aromatic rings. The van der Waals surface area contributed by atoms with E-state index in [-0.39, 0.29) is 5.97 Å². The highest BCUT2D eigenvalue weighted by atomic mass is 16.5. The zero-order chi connectivity index (χ0) is 13.9. The first-order chi connectivity index (χ1) is 9.27. The number of ether oxygens (including phenoxy) is 1. The Balaban J connectivity index is 2.61. The van der Waals surface area contributed by atoms with Crippen LogP contribution < -0.4 is 0 Å². The summed E-state index contributed by atoms with van der Waals surface area (Å²) >= 11 is 0. The number of carbonyl (C=O) groups excluding carboxylic acids is 1. The fourth-order valence-corrected chi connectivity index (χ4v) is 1.65. The van der Waals surface area contributed by atoms with Gasteiger partial charge in [0, 0.05) is 17.9 Å². The molecule has 0 aromatic heterocycles. The van der Waals surface area contributed by atoms with Gasteiger partial charge in [-0.2, -0.15) is 0 Å². The fraction of sp³-hybridized carbons (Fsp3) is 0.357. The molecule has 1 aromatic carbocycles. The second-order valence-corrected chi connectivity index (χ2v) is 3.92. The molecule has 0 spiro atoms. The molecule has 0 N–H and O–H groups in total. The van der Waals surface area contributed by atoms with Gasteiger partial charge in [-0.25, -0.2) is 0 Å². The van der Waals surface area contributed by atoms with Gasteiger partial charge >= 0.3 is 5.97 Å². The molecule has 0 atom stereocenters. The molecular weight excluding hydrogens is 242 g/mol. The standard InChI is InChI=1S/C14H17N3O2/c1-19-14(18)10-9-13-7-3-2-6-12(13)8-4-5-11-16-17-15/h2-4,6-8H,5,9-11H2,1H3. The zero-order valence-corrected chi connectivity index (χ0v) is 11.0. The molecule has 0 bridgehead atoms. The summed E-state index contributed by atoms with van der Waals surface area (Å²) in [6, 6.07) is 7.89. The first-order valence-corrected chi connectivity index (χ1v) is 6.10. The molecule has 0 aliphatic rings. The number of hydrogen-bond acceptors (Lipinski definition) is 3. The van der Waals surface area contributed by atoms with Crippen molar-refractivity contribution < 1.29 is 9.53 Å². The highest BCUT2D eigenvalue weighted by Gasteiger charge is 2.03. The Hall–Kier alpha value is -2.26. The quantitative estimate of drug-likeness (QED) is 0.247. The summed E-state index contributed by atoms with van der Waals surface area (Å²) in [5.41, 5.74) is 10.3. The summed E-state index contributed by atoms with van der Waals surface area (Å²) in [7, 11) is 1.39. The number of aryl methyl sites for hydroxylation is 1. The first-order valence-electron chi connectivity index (χ1n) is 6.10. The SMILES string of the molecule is COC(=O)CCc1ccccc1C=CCCN=[N+]=[N-]. The topological polar surface area (TPSA) is 75.1 Å². The van der Waals surface area contributed by atoms with Crippen LogP contribution in [0.15, 0.2) is 35.5 Å². The lowest BCUT2D eigenvalue weighted by molar-refractivity contribution is -0.140. The van der Waals surface area contributed by atoms with Crippen molar-refractivity contribution in [2.24, 2.45) is 5.11 Å². The van der Waals surface area contributed by atoms with Crippen molar-refractivity contribution in [1.29, 1.82) is 0 Å². The second-order valence-electron chi connectivity index (χ2n) is 3.92. The minimum atomic E-state index is -0.206. The summed E-state index contributed by atoms with van der Waals surface area (Å²) in [5, 5.41) is 3.46. The van der Waals surface area contributed by atoms with Crippen molar-refractivity contribution in [1.82, 2.24) is 0 Å². The molecule has 0 saturated carbocycles. The maximum atomic E-state index is 11.1. The summed E-state index contributed by atoms with van der Waals surface area (Å²) in [6.07, 6.45) is 5.68. The minimum absolute atomic E-state index is 0.206. The van der Waals surface area contributed by atoms with Crippen molar-refractivity contribution in [2.45, 2.75) is 19.3 Å². The molecule has 0 amide bonds. The van der Waals surface area contributed by atoms with Crippen molar-refractivity contribution in [3.63, 3.8) is 0 Å². The average molecular weight is 259 g/mol. The second kappa shape index (κ2) is 8.78. The smallest absolute Gasteiger partial charge is 0.305 e. The van der Waals surface area contributed by atoms with Crippen LogP contribution in [0.25, 0.3) is 16.5 Å². The van der Waals surface area contributed by atoms with Crippen LogP contribution in [0.1, 0.15) is 24.0 Å². The largest absolute Gasteiger partial charge is 0.469 e. The fourth-order valence-electron chi connectivity index (χ4n) is 1.65. The van der Waals surface area contributed by atoms with E-state index in [1.54, 1.807) is 0 Å². The molecule has 100 valence electrons. The van der Waals surface area contributed by atoms with Crippen LogP contribution in [0.3, 0.4) is 0 Å². The van der Waals surface area contributed by atoms with E-state index in [1.807, 2.05) is 36.4 Å². The van der Waals surface area contributed by atoms with Crippen molar-refractivity contribution >= 4 is 12.0 Å². The molecule has 0 unspecified atom stereocenters. The number of esters is 1. The van der Waals surface area contributed by atoms with Gasteiger partial charge in [-0.05, 0) is 29.5 Å².